The number of hydrogen-bond acceptors (Lipinski definition) is 3. The van der Waals surface area contributed by atoms with Crippen LogP contribution in [0.2, 0.25) is 0 Å². The maximum atomic E-state index is 13.2. The van der Waals surface area contributed by atoms with E-state index in [4.69, 9.17) is 0 Å². The lowest BCUT2D eigenvalue weighted by molar-refractivity contribution is -0.145. The lowest BCUT2D eigenvalue weighted by atomic mass is 9.77. The molecule has 0 amide bonds. The van der Waals surface area contributed by atoms with Crippen molar-refractivity contribution in [2.75, 3.05) is 0 Å². The van der Waals surface area contributed by atoms with Crippen LogP contribution >= 0.6 is 0 Å². The van der Waals surface area contributed by atoms with Gasteiger partial charge >= 0.3 is 0 Å². The number of carbonyl (C=O) groups is 1. The van der Waals surface area contributed by atoms with E-state index in [0.29, 0.717) is 5.56 Å². The first kappa shape index (κ1) is 16.9. The fraction of sp³-hybridized carbons (Fsp3) is 0.500. The SMILES string of the molecule is CC(C)c1nccn1CC(=O)C(O)(c1ccccc1)C1CCCC1. The topological polar surface area (TPSA) is 55.1 Å². The molecule has 1 fully saturated rings. The molecule has 1 heterocycles. The molecule has 2 aromatic rings. The number of aromatic nitrogens is 2. The summed E-state index contributed by atoms with van der Waals surface area (Å²) in [7, 11) is 0. The van der Waals surface area contributed by atoms with Gasteiger partial charge in [-0.1, -0.05) is 57.0 Å². The zero-order valence-corrected chi connectivity index (χ0v) is 14.5. The molecule has 0 spiro atoms. The summed E-state index contributed by atoms with van der Waals surface area (Å²) < 4.78 is 1.87. The molecule has 128 valence electrons. The Hall–Kier alpha value is -1.94. The number of benzene rings is 1. The number of ketones is 1. The molecule has 1 aliphatic rings. The number of nitrogens with zero attached hydrogens (tertiary/aromatic N) is 2. The van der Waals surface area contributed by atoms with Crippen molar-refractivity contribution in [1.29, 1.82) is 0 Å². The van der Waals surface area contributed by atoms with Crippen molar-refractivity contribution in [3.8, 4) is 0 Å². The highest BCUT2D eigenvalue weighted by Crippen LogP contribution is 2.41. The fourth-order valence-corrected chi connectivity index (χ4v) is 3.89. The van der Waals surface area contributed by atoms with Crippen LogP contribution in [0.5, 0.6) is 0 Å². The first-order chi connectivity index (χ1) is 11.5. The third-order valence-corrected chi connectivity index (χ3v) is 5.16. The Morgan fingerprint density at radius 1 is 1.29 bits per heavy atom. The molecule has 0 saturated heterocycles. The summed E-state index contributed by atoms with van der Waals surface area (Å²) in [4.78, 5) is 17.5. The Balaban J connectivity index is 1.93. The van der Waals surface area contributed by atoms with Crippen LogP contribution in [0.25, 0.3) is 0 Å². The van der Waals surface area contributed by atoms with Gasteiger partial charge in [0.1, 0.15) is 5.82 Å². The predicted octanol–water partition coefficient (Wildman–Crippen LogP) is 3.65. The third-order valence-electron chi connectivity index (χ3n) is 5.16. The first-order valence-corrected chi connectivity index (χ1v) is 8.85. The molecular weight excluding hydrogens is 300 g/mol. The molecule has 4 heteroatoms. The van der Waals surface area contributed by atoms with Crippen LogP contribution in [0.1, 0.15) is 56.8 Å². The van der Waals surface area contributed by atoms with Crippen LogP contribution < -0.4 is 0 Å². The van der Waals surface area contributed by atoms with Gasteiger partial charge in [0.2, 0.25) is 0 Å². The van der Waals surface area contributed by atoms with Gasteiger partial charge in [0.25, 0.3) is 0 Å². The zero-order valence-electron chi connectivity index (χ0n) is 14.5. The van der Waals surface area contributed by atoms with Gasteiger partial charge in [-0.15, -0.1) is 0 Å². The van der Waals surface area contributed by atoms with Crippen LogP contribution in [-0.2, 0) is 16.9 Å². The van der Waals surface area contributed by atoms with Gasteiger partial charge in [-0.25, -0.2) is 4.98 Å². The van der Waals surface area contributed by atoms with Gasteiger partial charge in [0, 0.05) is 18.3 Å². The summed E-state index contributed by atoms with van der Waals surface area (Å²) in [5, 5.41) is 11.5. The van der Waals surface area contributed by atoms with E-state index >= 15 is 0 Å². The molecule has 1 aromatic carbocycles. The monoisotopic (exact) mass is 326 g/mol. The standard InChI is InChI=1S/C20H26N2O2/c1-15(2)19-21-12-13-22(19)14-18(23)20(24,17-10-6-7-11-17)16-8-4-3-5-9-16/h3-5,8-9,12-13,15,17,24H,6-7,10-11,14H2,1-2H3. The average molecular weight is 326 g/mol. The molecule has 0 radical (unpaired) electrons. The van der Waals surface area contributed by atoms with Crippen molar-refractivity contribution in [3.63, 3.8) is 0 Å². The van der Waals surface area contributed by atoms with Crippen molar-refractivity contribution in [2.24, 2.45) is 5.92 Å². The number of carbonyl (C=O) groups excluding carboxylic acids is 1. The molecule has 1 unspecified atom stereocenters. The van der Waals surface area contributed by atoms with E-state index in [1.54, 1.807) is 6.20 Å². The quantitative estimate of drug-likeness (QED) is 0.881. The summed E-state index contributed by atoms with van der Waals surface area (Å²) in [6.07, 6.45) is 7.51. The number of Topliss-reactive ketones (excluding diaryl/α,β-unsaturated/α-hetero) is 1. The van der Waals surface area contributed by atoms with E-state index in [9.17, 15) is 9.90 Å². The Morgan fingerprint density at radius 3 is 2.58 bits per heavy atom. The van der Waals surface area contributed by atoms with Crippen LogP contribution in [0.15, 0.2) is 42.7 Å². The van der Waals surface area contributed by atoms with Gasteiger partial charge in [-0.05, 0) is 24.3 Å². The van der Waals surface area contributed by atoms with E-state index < -0.39 is 5.60 Å². The fourth-order valence-electron chi connectivity index (χ4n) is 3.89. The Kier molecular flexibility index (Phi) is 4.86. The minimum Gasteiger partial charge on any atom is -0.377 e. The van der Waals surface area contributed by atoms with Crippen LogP contribution in [0.3, 0.4) is 0 Å². The highest BCUT2D eigenvalue weighted by atomic mass is 16.3. The smallest absolute Gasteiger partial charge is 0.188 e. The number of aliphatic hydroxyl groups is 1. The molecule has 0 bridgehead atoms. The van der Waals surface area contributed by atoms with Crippen molar-refractivity contribution in [1.82, 2.24) is 9.55 Å². The second kappa shape index (κ2) is 6.89. The van der Waals surface area contributed by atoms with Crippen molar-refractivity contribution >= 4 is 5.78 Å². The average Bonchev–Trinajstić information content (AvgIpc) is 3.26. The van der Waals surface area contributed by atoms with Crippen molar-refractivity contribution in [3.05, 3.63) is 54.1 Å². The summed E-state index contributed by atoms with van der Waals surface area (Å²) in [5.41, 5.74) is -0.691. The predicted molar refractivity (Wildman–Crippen MR) is 93.6 cm³/mol. The second-order valence-electron chi connectivity index (χ2n) is 7.11. The molecule has 0 aliphatic heterocycles. The molecule has 3 rings (SSSR count). The maximum absolute atomic E-state index is 13.2. The van der Waals surface area contributed by atoms with Gasteiger partial charge in [-0.2, -0.15) is 0 Å². The van der Waals surface area contributed by atoms with Crippen molar-refractivity contribution < 1.29 is 9.90 Å². The molecule has 1 atom stereocenters. The van der Waals surface area contributed by atoms with E-state index in [1.807, 2.05) is 41.1 Å². The van der Waals surface area contributed by atoms with Crippen LogP contribution in [-0.4, -0.2) is 20.4 Å². The van der Waals surface area contributed by atoms with E-state index in [2.05, 4.69) is 18.8 Å². The summed E-state index contributed by atoms with van der Waals surface area (Å²) >= 11 is 0. The number of imidazole rings is 1. The lowest BCUT2D eigenvalue weighted by Gasteiger charge is -2.33. The van der Waals surface area contributed by atoms with Gasteiger partial charge < -0.3 is 9.67 Å². The summed E-state index contributed by atoms with van der Waals surface area (Å²) in [6.45, 7) is 4.28. The van der Waals surface area contributed by atoms with E-state index in [0.717, 1.165) is 31.5 Å². The lowest BCUT2D eigenvalue weighted by Crippen LogP contribution is -2.44. The minimum absolute atomic E-state index is 0.00146. The van der Waals surface area contributed by atoms with Gasteiger partial charge in [0.15, 0.2) is 11.4 Å². The Labute approximate surface area is 143 Å². The molecule has 1 saturated carbocycles. The first-order valence-electron chi connectivity index (χ1n) is 8.85. The highest BCUT2D eigenvalue weighted by Gasteiger charge is 2.45. The van der Waals surface area contributed by atoms with Crippen molar-refractivity contribution in [2.45, 2.75) is 57.6 Å². The number of rotatable bonds is 6. The van der Waals surface area contributed by atoms with Crippen LogP contribution in [0, 0.1) is 5.92 Å². The van der Waals surface area contributed by atoms with Gasteiger partial charge in [-0.3, -0.25) is 4.79 Å². The molecule has 4 nitrogen and oxygen atoms in total. The normalized spacial score (nSPS) is 18.0. The zero-order chi connectivity index (χ0) is 17.2. The maximum Gasteiger partial charge on any atom is 0.188 e. The van der Waals surface area contributed by atoms with Gasteiger partial charge in [0.05, 0.1) is 6.54 Å². The Bertz CT molecular complexity index is 687. The highest BCUT2D eigenvalue weighted by molar-refractivity contribution is 5.88. The third kappa shape index (κ3) is 3.03. The van der Waals surface area contributed by atoms with Crippen LogP contribution in [0.4, 0.5) is 0 Å². The Morgan fingerprint density at radius 2 is 1.96 bits per heavy atom. The second-order valence-corrected chi connectivity index (χ2v) is 7.11. The molecule has 1 aliphatic carbocycles. The summed E-state index contributed by atoms with van der Waals surface area (Å²) in [6, 6.07) is 9.43. The molecule has 24 heavy (non-hydrogen) atoms. The molecule has 1 N–H and O–H groups in total. The number of hydrogen-bond donors (Lipinski definition) is 1. The largest absolute Gasteiger partial charge is 0.377 e. The van der Waals surface area contributed by atoms with E-state index in [1.165, 1.54) is 0 Å². The van der Waals surface area contributed by atoms with E-state index in [-0.39, 0.29) is 24.2 Å². The minimum atomic E-state index is -1.41. The summed E-state index contributed by atoms with van der Waals surface area (Å²) in [5.74, 6) is 0.980. The molecular formula is C20H26N2O2. The molecule has 1 aromatic heterocycles.